The van der Waals surface area contributed by atoms with Gasteiger partial charge in [-0.15, -0.1) is 0 Å². The lowest BCUT2D eigenvalue weighted by molar-refractivity contribution is 0.502. The molecule has 0 radical (unpaired) electrons. The molecule has 7 heteroatoms. The van der Waals surface area contributed by atoms with E-state index in [1.807, 2.05) is 24.3 Å². The first-order valence-electron chi connectivity index (χ1n) is 8.68. The molecule has 4 rings (SSSR count). The molecular formula is C22H15Cl3O3S. The number of sulfone groups is 1. The van der Waals surface area contributed by atoms with E-state index < -0.39 is 9.84 Å². The zero-order chi connectivity index (χ0) is 20.8. The van der Waals surface area contributed by atoms with Crippen LogP contribution in [0.3, 0.4) is 0 Å². The second-order valence-electron chi connectivity index (χ2n) is 6.74. The van der Waals surface area contributed by atoms with Crippen molar-refractivity contribution in [3.63, 3.8) is 0 Å². The van der Waals surface area contributed by atoms with E-state index in [4.69, 9.17) is 39.5 Å². The third-order valence-corrected chi connectivity index (χ3v) is 6.87. The maximum absolute atomic E-state index is 11.8. The van der Waals surface area contributed by atoms with Crippen molar-refractivity contribution in [2.45, 2.75) is 11.3 Å². The van der Waals surface area contributed by atoms with Gasteiger partial charge in [-0.1, -0.05) is 53.0 Å². The highest BCUT2D eigenvalue weighted by atomic mass is 35.5. The molecule has 0 aromatic heterocycles. The SMILES string of the molecule is CS(=O)(=O)c1ccc(C2=C(c3cc(Cl)c(Cl)cc3Cl)Cc3ccccc3O2)cc1. The number of hydrogen-bond donors (Lipinski definition) is 0. The quantitative estimate of drug-likeness (QED) is 0.412. The lowest BCUT2D eigenvalue weighted by Gasteiger charge is -2.25. The van der Waals surface area contributed by atoms with Crippen LogP contribution in [-0.2, 0) is 16.3 Å². The van der Waals surface area contributed by atoms with Gasteiger partial charge in [0, 0.05) is 34.4 Å². The summed E-state index contributed by atoms with van der Waals surface area (Å²) < 4.78 is 29.8. The minimum atomic E-state index is -3.29. The molecular weight excluding hydrogens is 451 g/mol. The zero-order valence-corrected chi connectivity index (χ0v) is 18.3. The summed E-state index contributed by atoms with van der Waals surface area (Å²) in [6.07, 6.45) is 1.76. The number of hydrogen-bond acceptors (Lipinski definition) is 3. The van der Waals surface area contributed by atoms with Crippen LogP contribution < -0.4 is 4.74 Å². The van der Waals surface area contributed by atoms with Crippen molar-refractivity contribution >= 4 is 56.0 Å². The van der Waals surface area contributed by atoms with Gasteiger partial charge in [-0.2, -0.15) is 0 Å². The Bertz CT molecular complexity index is 1250. The first kappa shape index (κ1) is 20.3. The highest BCUT2D eigenvalue weighted by Crippen LogP contribution is 2.42. The van der Waals surface area contributed by atoms with Crippen molar-refractivity contribution in [3.05, 3.63) is 92.4 Å². The number of halogens is 3. The van der Waals surface area contributed by atoms with Gasteiger partial charge in [-0.25, -0.2) is 8.42 Å². The van der Waals surface area contributed by atoms with E-state index in [1.165, 1.54) is 6.26 Å². The van der Waals surface area contributed by atoms with E-state index in [2.05, 4.69) is 0 Å². The van der Waals surface area contributed by atoms with Crippen molar-refractivity contribution in [1.82, 2.24) is 0 Å². The van der Waals surface area contributed by atoms with Crippen LogP contribution in [0.15, 0.2) is 65.6 Å². The van der Waals surface area contributed by atoms with Gasteiger partial charge in [0.1, 0.15) is 11.5 Å². The molecule has 1 aliphatic rings. The minimum absolute atomic E-state index is 0.243. The van der Waals surface area contributed by atoms with E-state index in [1.54, 1.807) is 36.4 Å². The molecule has 148 valence electrons. The molecule has 0 amide bonds. The van der Waals surface area contributed by atoms with Crippen molar-refractivity contribution < 1.29 is 13.2 Å². The van der Waals surface area contributed by atoms with Crippen molar-refractivity contribution in [2.75, 3.05) is 6.26 Å². The van der Waals surface area contributed by atoms with E-state index in [0.29, 0.717) is 27.2 Å². The second-order valence-corrected chi connectivity index (χ2v) is 9.97. The van der Waals surface area contributed by atoms with E-state index in [-0.39, 0.29) is 4.90 Å². The van der Waals surface area contributed by atoms with Gasteiger partial charge in [0.15, 0.2) is 9.84 Å². The Hall–Kier alpha value is -1.98. The summed E-state index contributed by atoms with van der Waals surface area (Å²) in [5.41, 5.74) is 3.32. The third-order valence-electron chi connectivity index (χ3n) is 4.71. The Morgan fingerprint density at radius 2 is 1.52 bits per heavy atom. The van der Waals surface area contributed by atoms with Crippen molar-refractivity contribution in [1.29, 1.82) is 0 Å². The summed E-state index contributed by atoms with van der Waals surface area (Å²) in [5.74, 6) is 1.35. The summed E-state index contributed by atoms with van der Waals surface area (Å²) in [4.78, 5) is 0.243. The van der Waals surface area contributed by atoms with Gasteiger partial charge in [0.25, 0.3) is 0 Å². The third kappa shape index (κ3) is 4.03. The molecule has 3 aromatic rings. The molecule has 0 spiro atoms. The molecule has 0 unspecified atom stereocenters. The van der Waals surface area contributed by atoms with Crippen LogP contribution in [0.1, 0.15) is 16.7 Å². The molecule has 0 saturated heterocycles. The van der Waals surface area contributed by atoms with Gasteiger partial charge in [-0.3, -0.25) is 0 Å². The molecule has 0 atom stereocenters. The molecule has 3 nitrogen and oxygen atoms in total. The summed E-state index contributed by atoms with van der Waals surface area (Å²) in [5, 5.41) is 1.23. The van der Waals surface area contributed by atoms with Gasteiger partial charge in [0.05, 0.1) is 14.9 Å². The number of allylic oxidation sites excluding steroid dienone is 1. The Kier molecular flexibility index (Phi) is 5.38. The lowest BCUT2D eigenvalue weighted by atomic mass is 9.92. The van der Waals surface area contributed by atoms with Crippen molar-refractivity contribution in [2.24, 2.45) is 0 Å². The zero-order valence-electron chi connectivity index (χ0n) is 15.2. The standard InChI is InChI=1S/C22H15Cl3O3S/c1-29(26,27)15-8-6-13(7-9-15)22-17(10-14-4-2-3-5-21(14)28-22)16-11-19(24)20(25)12-18(16)23/h2-9,11-12H,10H2,1H3. The molecule has 0 N–H and O–H groups in total. The maximum Gasteiger partial charge on any atom is 0.175 e. The minimum Gasteiger partial charge on any atom is -0.456 e. The predicted molar refractivity (Wildman–Crippen MR) is 119 cm³/mol. The molecule has 3 aromatic carbocycles. The van der Waals surface area contributed by atoms with Crippen LogP contribution in [0.4, 0.5) is 0 Å². The Balaban J connectivity index is 1.91. The fraction of sp³-hybridized carbons (Fsp3) is 0.0909. The first-order valence-corrected chi connectivity index (χ1v) is 11.7. The molecule has 1 aliphatic heterocycles. The van der Waals surface area contributed by atoms with Crippen LogP contribution in [0, 0.1) is 0 Å². The number of fused-ring (bicyclic) bond motifs is 1. The number of benzene rings is 3. The molecule has 29 heavy (non-hydrogen) atoms. The normalized spacial score (nSPS) is 13.8. The van der Waals surface area contributed by atoms with Gasteiger partial charge in [-0.05, 0) is 48.0 Å². The average Bonchev–Trinajstić information content (AvgIpc) is 2.69. The Labute approximate surface area is 184 Å². The lowest BCUT2D eigenvalue weighted by Crippen LogP contribution is -2.10. The first-order chi connectivity index (χ1) is 13.7. The summed E-state index contributed by atoms with van der Waals surface area (Å²) >= 11 is 18.8. The summed E-state index contributed by atoms with van der Waals surface area (Å²) in [6.45, 7) is 0. The molecule has 1 heterocycles. The van der Waals surface area contributed by atoms with Crippen LogP contribution in [0.25, 0.3) is 11.3 Å². The predicted octanol–water partition coefficient (Wildman–Crippen LogP) is 6.55. The molecule has 0 fully saturated rings. The van der Waals surface area contributed by atoms with Gasteiger partial charge in [0.2, 0.25) is 0 Å². The van der Waals surface area contributed by atoms with Crippen LogP contribution in [-0.4, -0.2) is 14.7 Å². The van der Waals surface area contributed by atoms with Gasteiger partial charge >= 0.3 is 0 Å². The highest BCUT2D eigenvalue weighted by molar-refractivity contribution is 7.90. The molecule has 0 saturated carbocycles. The topological polar surface area (TPSA) is 43.4 Å². The van der Waals surface area contributed by atoms with E-state index in [9.17, 15) is 8.42 Å². The highest BCUT2D eigenvalue weighted by Gasteiger charge is 2.24. The largest absolute Gasteiger partial charge is 0.456 e. The van der Waals surface area contributed by atoms with E-state index >= 15 is 0 Å². The molecule has 0 aliphatic carbocycles. The van der Waals surface area contributed by atoms with Crippen molar-refractivity contribution in [3.8, 4) is 5.75 Å². The summed E-state index contributed by atoms with van der Waals surface area (Å²) in [7, 11) is -3.29. The molecule has 0 bridgehead atoms. The summed E-state index contributed by atoms with van der Waals surface area (Å²) in [6, 6.07) is 17.7. The van der Waals surface area contributed by atoms with Crippen LogP contribution in [0.2, 0.25) is 15.1 Å². The van der Waals surface area contributed by atoms with E-state index in [0.717, 1.165) is 28.0 Å². The number of para-hydroxylation sites is 1. The van der Waals surface area contributed by atoms with Crippen LogP contribution in [0.5, 0.6) is 5.75 Å². The van der Waals surface area contributed by atoms with Crippen LogP contribution >= 0.6 is 34.8 Å². The average molecular weight is 466 g/mol. The Morgan fingerprint density at radius 3 is 2.21 bits per heavy atom. The fourth-order valence-electron chi connectivity index (χ4n) is 3.25. The Morgan fingerprint density at radius 1 is 0.862 bits per heavy atom. The fourth-order valence-corrected chi connectivity index (χ4v) is 4.54. The smallest absolute Gasteiger partial charge is 0.175 e. The number of ether oxygens (including phenoxy) is 1. The number of rotatable bonds is 3. The monoisotopic (exact) mass is 464 g/mol. The second kappa shape index (κ2) is 7.69. The van der Waals surface area contributed by atoms with Gasteiger partial charge < -0.3 is 4.74 Å². The maximum atomic E-state index is 11.8.